The summed E-state index contributed by atoms with van der Waals surface area (Å²) in [7, 11) is 0. The Bertz CT molecular complexity index is 326. The smallest absolute Gasteiger partial charge is 0.0995 e. The molecule has 1 rings (SSSR count). The first kappa shape index (κ1) is 9.78. The first-order chi connectivity index (χ1) is 6.00. The van der Waals surface area contributed by atoms with E-state index in [1.165, 1.54) is 0 Å². The number of nitrogens with zero attached hydrogens (tertiary/aromatic N) is 2. The van der Waals surface area contributed by atoms with Gasteiger partial charge in [0.05, 0.1) is 17.7 Å². The van der Waals surface area contributed by atoms with Crippen LogP contribution in [0.3, 0.4) is 0 Å². The van der Waals surface area contributed by atoms with Crippen molar-refractivity contribution in [2.75, 3.05) is 0 Å². The molecular weight excluding hydrogens is 160 g/mol. The minimum absolute atomic E-state index is 0.0534. The van der Waals surface area contributed by atoms with E-state index in [0.717, 1.165) is 11.4 Å². The van der Waals surface area contributed by atoms with Gasteiger partial charge in [0.1, 0.15) is 0 Å². The Hall–Kier alpha value is -1.31. The highest BCUT2D eigenvalue weighted by atomic mass is 15.0. The van der Waals surface area contributed by atoms with Crippen LogP contribution in [0.25, 0.3) is 12.3 Å². The number of hydrogen-bond acceptors (Lipinski definition) is 1. The van der Waals surface area contributed by atoms with Gasteiger partial charge in [0, 0.05) is 11.6 Å². The summed E-state index contributed by atoms with van der Waals surface area (Å²) in [5.41, 5.74) is 2.14. The van der Waals surface area contributed by atoms with E-state index >= 15 is 0 Å². The topological polar surface area (TPSA) is 17.8 Å². The predicted octanol–water partition coefficient (Wildman–Crippen LogP) is 2.92. The molecule has 1 aromatic heterocycles. The van der Waals surface area contributed by atoms with Gasteiger partial charge >= 0.3 is 0 Å². The fourth-order valence-corrected chi connectivity index (χ4v) is 1.30. The van der Waals surface area contributed by atoms with E-state index in [4.69, 9.17) is 0 Å². The van der Waals surface area contributed by atoms with Gasteiger partial charge in [-0.3, -0.25) is 0 Å². The molecule has 0 N–H and O–H groups in total. The van der Waals surface area contributed by atoms with Crippen LogP contribution in [0.1, 0.15) is 32.2 Å². The van der Waals surface area contributed by atoms with Gasteiger partial charge in [0.15, 0.2) is 0 Å². The van der Waals surface area contributed by atoms with Crippen LogP contribution in [-0.4, -0.2) is 9.55 Å². The number of rotatable bonds is 2. The summed E-state index contributed by atoms with van der Waals surface area (Å²) in [5, 5.41) is 0. The Labute approximate surface area is 79.6 Å². The normalized spacial score (nSPS) is 11.3. The van der Waals surface area contributed by atoms with Crippen LogP contribution >= 0.6 is 0 Å². The lowest BCUT2D eigenvalue weighted by molar-refractivity contribution is 0.571. The monoisotopic (exact) mass is 176 g/mol. The van der Waals surface area contributed by atoms with Crippen LogP contribution in [-0.2, 0) is 5.41 Å². The van der Waals surface area contributed by atoms with Gasteiger partial charge in [0.2, 0.25) is 0 Å². The van der Waals surface area contributed by atoms with Crippen molar-refractivity contribution in [3.8, 4) is 0 Å². The highest BCUT2D eigenvalue weighted by Crippen LogP contribution is 2.24. The molecule has 13 heavy (non-hydrogen) atoms. The van der Waals surface area contributed by atoms with E-state index in [-0.39, 0.29) is 5.41 Å². The lowest BCUT2D eigenvalue weighted by Gasteiger charge is -2.16. The van der Waals surface area contributed by atoms with E-state index in [2.05, 4.69) is 38.9 Å². The van der Waals surface area contributed by atoms with Crippen LogP contribution < -0.4 is 0 Å². The molecule has 0 aromatic carbocycles. The number of aromatic nitrogens is 2. The van der Waals surface area contributed by atoms with Gasteiger partial charge < -0.3 is 4.57 Å². The third kappa shape index (κ3) is 1.72. The molecule has 0 radical (unpaired) electrons. The average molecular weight is 176 g/mol. The van der Waals surface area contributed by atoms with E-state index in [9.17, 15) is 0 Å². The maximum Gasteiger partial charge on any atom is 0.0995 e. The molecule has 1 aromatic rings. The van der Waals surface area contributed by atoms with Crippen molar-refractivity contribution in [2.45, 2.75) is 26.2 Å². The summed E-state index contributed by atoms with van der Waals surface area (Å²) in [5.74, 6) is 0. The number of imidazole rings is 1. The lowest BCUT2D eigenvalue weighted by atomic mass is 9.91. The summed E-state index contributed by atoms with van der Waals surface area (Å²) in [6.07, 6.45) is 5.32. The Morgan fingerprint density at radius 1 is 1.38 bits per heavy atom. The standard InChI is InChI=1S/C11H16N2/c1-6-9-10(11(3,4)5)12-8-13(9)7-2/h6-8H,1-2H2,3-5H3. The lowest BCUT2D eigenvalue weighted by Crippen LogP contribution is -2.13. The zero-order chi connectivity index (χ0) is 10.1. The second kappa shape index (κ2) is 3.21. The van der Waals surface area contributed by atoms with Gasteiger partial charge in [-0.2, -0.15) is 0 Å². The zero-order valence-corrected chi connectivity index (χ0v) is 8.54. The Morgan fingerprint density at radius 3 is 2.38 bits per heavy atom. The largest absolute Gasteiger partial charge is 0.307 e. The molecule has 0 saturated heterocycles. The summed E-state index contributed by atoms with van der Waals surface area (Å²) in [4.78, 5) is 4.35. The van der Waals surface area contributed by atoms with Gasteiger partial charge in [-0.15, -0.1) is 0 Å². The molecule has 0 spiro atoms. The van der Waals surface area contributed by atoms with Crippen molar-refractivity contribution in [1.29, 1.82) is 0 Å². The van der Waals surface area contributed by atoms with E-state index in [1.54, 1.807) is 12.5 Å². The predicted molar refractivity (Wildman–Crippen MR) is 57.4 cm³/mol. The molecular formula is C11H16N2. The van der Waals surface area contributed by atoms with Gasteiger partial charge in [-0.05, 0) is 6.08 Å². The minimum Gasteiger partial charge on any atom is -0.307 e. The third-order valence-electron chi connectivity index (χ3n) is 1.93. The molecule has 0 aliphatic carbocycles. The van der Waals surface area contributed by atoms with Crippen molar-refractivity contribution in [3.05, 3.63) is 30.9 Å². The molecule has 2 nitrogen and oxygen atoms in total. The fourth-order valence-electron chi connectivity index (χ4n) is 1.30. The van der Waals surface area contributed by atoms with Crippen molar-refractivity contribution >= 4 is 12.3 Å². The summed E-state index contributed by atoms with van der Waals surface area (Å²) in [6, 6.07) is 0. The van der Waals surface area contributed by atoms with E-state index in [1.807, 2.05) is 10.6 Å². The van der Waals surface area contributed by atoms with Crippen molar-refractivity contribution < 1.29 is 0 Å². The first-order valence-electron chi connectivity index (χ1n) is 4.33. The summed E-state index contributed by atoms with van der Waals surface area (Å²) in [6.45, 7) is 13.9. The molecule has 0 saturated carbocycles. The third-order valence-corrected chi connectivity index (χ3v) is 1.93. The van der Waals surface area contributed by atoms with Crippen LogP contribution in [0.2, 0.25) is 0 Å². The molecule has 0 atom stereocenters. The quantitative estimate of drug-likeness (QED) is 0.677. The maximum absolute atomic E-state index is 4.35. The van der Waals surface area contributed by atoms with Crippen LogP contribution in [0.15, 0.2) is 19.5 Å². The SMILES string of the molecule is C=Cc1c(C(C)(C)C)ncn1C=C. The van der Waals surface area contributed by atoms with Crippen molar-refractivity contribution in [3.63, 3.8) is 0 Å². The maximum atomic E-state index is 4.35. The Kier molecular flexibility index (Phi) is 2.41. The first-order valence-corrected chi connectivity index (χ1v) is 4.33. The molecule has 0 aliphatic heterocycles. The van der Waals surface area contributed by atoms with E-state index in [0.29, 0.717) is 0 Å². The molecule has 2 heteroatoms. The fraction of sp³-hybridized carbons (Fsp3) is 0.364. The highest BCUT2D eigenvalue weighted by molar-refractivity contribution is 5.51. The second-order valence-corrected chi connectivity index (χ2v) is 4.02. The molecule has 70 valence electrons. The molecule has 1 heterocycles. The molecule has 0 unspecified atom stereocenters. The molecule has 0 aliphatic rings. The molecule has 0 fully saturated rings. The average Bonchev–Trinajstić information content (AvgIpc) is 2.45. The second-order valence-electron chi connectivity index (χ2n) is 4.02. The van der Waals surface area contributed by atoms with Gasteiger partial charge in [-0.25, -0.2) is 4.98 Å². The molecule has 0 amide bonds. The Morgan fingerprint density at radius 2 is 2.00 bits per heavy atom. The van der Waals surface area contributed by atoms with Crippen molar-refractivity contribution in [1.82, 2.24) is 9.55 Å². The van der Waals surface area contributed by atoms with Crippen LogP contribution in [0.5, 0.6) is 0 Å². The highest BCUT2D eigenvalue weighted by Gasteiger charge is 2.20. The molecule has 0 bridgehead atoms. The van der Waals surface area contributed by atoms with E-state index < -0.39 is 0 Å². The van der Waals surface area contributed by atoms with Gasteiger partial charge in [-0.1, -0.05) is 33.9 Å². The zero-order valence-electron chi connectivity index (χ0n) is 8.54. The van der Waals surface area contributed by atoms with Crippen LogP contribution in [0.4, 0.5) is 0 Å². The van der Waals surface area contributed by atoms with Crippen LogP contribution in [0, 0.1) is 0 Å². The Balaban J connectivity index is 3.31. The minimum atomic E-state index is 0.0534. The summed E-state index contributed by atoms with van der Waals surface area (Å²) < 4.78 is 1.88. The van der Waals surface area contributed by atoms with Crippen molar-refractivity contribution in [2.24, 2.45) is 0 Å². The summed E-state index contributed by atoms with van der Waals surface area (Å²) >= 11 is 0. The van der Waals surface area contributed by atoms with Gasteiger partial charge in [0.25, 0.3) is 0 Å². The number of hydrogen-bond donors (Lipinski definition) is 0.